The molecule has 3 heteroatoms. The van der Waals surface area contributed by atoms with E-state index in [2.05, 4.69) is 18.0 Å². The molecule has 2 atom stereocenters. The first-order valence-electron chi connectivity index (χ1n) is 8.57. The average molecular weight is 299 g/mol. The van der Waals surface area contributed by atoms with Crippen molar-refractivity contribution >= 4 is 10.9 Å². The molecule has 0 saturated carbocycles. The molecule has 0 spiro atoms. The van der Waals surface area contributed by atoms with Gasteiger partial charge in [-0.15, -0.1) is 0 Å². The van der Waals surface area contributed by atoms with Crippen molar-refractivity contribution in [1.29, 1.82) is 0 Å². The lowest BCUT2D eigenvalue weighted by Gasteiger charge is -2.32. The number of pyridine rings is 1. The van der Waals surface area contributed by atoms with E-state index in [9.17, 15) is 4.79 Å². The molecule has 3 rings (SSSR count). The first kappa shape index (κ1) is 15.3. The van der Waals surface area contributed by atoms with Crippen LogP contribution in [0.5, 0.6) is 0 Å². The second kappa shape index (κ2) is 6.25. The SMILES string of the molecule is CCC1CCCC[NH+]1Cc1c(C)[nH]c2ccc(C)cc2c1=O. The Hall–Kier alpha value is -1.61. The maximum absolute atomic E-state index is 12.9. The van der Waals surface area contributed by atoms with Crippen molar-refractivity contribution in [2.75, 3.05) is 6.54 Å². The number of aromatic amines is 1. The van der Waals surface area contributed by atoms with Crippen LogP contribution in [0.1, 0.15) is 49.4 Å². The lowest BCUT2D eigenvalue weighted by atomic mass is 9.98. The van der Waals surface area contributed by atoms with Gasteiger partial charge in [-0.1, -0.05) is 18.6 Å². The number of aromatic nitrogens is 1. The van der Waals surface area contributed by atoms with Crippen LogP contribution in [0, 0.1) is 13.8 Å². The van der Waals surface area contributed by atoms with Crippen LogP contribution in [0.4, 0.5) is 0 Å². The van der Waals surface area contributed by atoms with Gasteiger partial charge in [-0.25, -0.2) is 0 Å². The molecule has 22 heavy (non-hydrogen) atoms. The second-order valence-corrected chi connectivity index (χ2v) is 6.79. The van der Waals surface area contributed by atoms with Gasteiger partial charge in [-0.05, 0) is 51.7 Å². The number of aryl methyl sites for hydroxylation is 2. The van der Waals surface area contributed by atoms with E-state index in [0.717, 1.165) is 34.3 Å². The summed E-state index contributed by atoms with van der Waals surface area (Å²) < 4.78 is 0. The molecule has 3 nitrogen and oxygen atoms in total. The fourth-order valence-corrected chi connectivity index (χ4v) is 3.88. The number of hydrogen-bond donors (Lipinski definition) is 2. The first-order valence-corrected chi connectivity index (χ1v) is 8.57. The second-order valence-electron chi connectivity index (χ2n) is 6.79. The molecule has 2 N–H and O–H groups in total. The van der Waals surface area contributed by atoms with Crippen molar-refractivity contribution in [2.45, 2.75) is 59.0 Å². The minimum absolute atomic E-state index is 0.225. The lowest BCUT2D eigenvalue weighted by Crippen LogP contribution is -3.15. The zero-order valence-corrected chi connectivity index (χ0v) is 14.0. The van der Waals surface area contributed by atoms with E-state index in [1.54, 1.807) is 4.90 Å². The quantitative estimate of drug-likeness (QED) is 0.898. The van der Waals surface area contributed by atoms with Gasteiger partial charge < -0.3 is 9.88 Å². The Morgan fingerprint density at radius 3 is 2.86 bits per heavy atom. The van der Waals surface area contributed by atoms with Gasteiger partial charge in [-0.3, -0.25) is 4.79 Å². The number of benzene rings is 1. The highest BCUT2D eigenvalue weighted by Gasteiger charge is 2.26. The summed E-state index contributed by atoms with van der Waals surface area (Å²) in [7, 11) is 0. The molecule has 2 aromatic rings. The van der Waals surface area contributed by atoms with Crippen molar-refractivity contribution in [3.63, 3.8) is 0 Å². The van der Waals surface area contributed by atoms with Crippen molar-refractivity contribution in [3.8, 4) is 0 Å². The molecule has 118 valence electrons. The highest BCUT2D eigenvalue weighted by molar-refractivity contribution is 5.80. The minimum Gasteiger partial charge on any atom is -0.358 e. The molecule has 1 aromatic carbocycles. The third-order valence-corrected chi connectivity index (χ3v) is 5.24. The number of likely N-dealkylation sites (tertiary alicyclic amines) is 1. The zero-order chi connectivity index (χ0) is 15.7. The van der Waals surface area contributed by atoms with Gasteiger partial charge in [0.25, 0.3) is 0 Å². The van der Waals surface area contributed by atoms with Gasteiger partial charge in [0.15, 0.2) is 5.43 Å². The Balaban J connectivity index is 2.01. The molecular weight excluding hydrogens is 272 g/mol. The fraction of sp³-hybridized carbons (Fsp3) is 0.526. The molecule has 1 fully saturated rings. The van der Waals surface area contributed by atoms with E-state index in [1.807, 2.05) is 26.0 Å². The van der Waals surface area contributed by atoms with E-state index in [4.69, 9.17) is 0 Å². The summed E-state index contributed by atoms with van der Waals surface area (Å²) in [5.74, 6) is 0. The predicted octanol–water partition coefficient (Wildman–Crippen LogP) is 2.49. The van der Waals surface area contributed by atoms with E-state index >= 15 is 0 Å². The number of hydrogen-bond acceptors (Lipinski definition) is 1. The lowest BCUT2D eigenvalue weighted by molar-refractivity contribution is -0.944. The monoisotopic (exact) mass is 299 g/mol. The third kappa shape index (κ3) is 2.82. The summed E-state index contributed by atoms with van der Waals surface area (Å²) in [4.78, 5) is 18.0. The molecule has 0 amide bonds. The van der Waals surface area contributed by atoms with E-state index in [0.29, 0.717) is 6.04 Å². The molecule has 1 aromatic heterocycles. The molecule has 1 aliphatic rings. The largest absolute Gasteiger partial charge is 0.358 e. The van der Waals surface area contributed by atoms with E-state index < -0.39 is 0 Å². The Bertz CT molecular complexity index is 732. The summed E-state index contributed by atoms with van der Waals surface area (Å²) in [5, 5.41) is 0.838. The van der Waals surface area contributed by atoms with Crippen LogP contribution < -0.4 is 10.3 Å². The average Bonchev–Trinajstić information content (AvgIpc) is 2.52. The van der Waals surface area contributed by atoms with Crippen molar-refractivity contribution < 1.29 is 4.90 Å². The molecule has 2 unspecified atom stereocenters. The summed E-state index contributed by atoms with van der Waals surface area (Å²) in [6.45, 7) is 8.42. The molecule has 0 bridgehead atoms. The van der Waals surface area contributed by atoms with Gasteiger partial charge in [0.05, 0.1) is 18.2 Å². The highest BCUT2D eigenvalue weighted by Crippen LogP contribution is 2.13. The Morgan fingerprint density at radius 2 is 2.09 bits per heavy atom. The van der Waals surface area contributed by atoms with Crippen LogP contribution in [-0.2, 0) is 6.54 Å². The fourth-order valence-electron chi connectivity index (χ4n) is 3.88. The van der Waals surface area contributed by atoms with Crippen molar-refractivity contribution in [2.24, 2.45) is 0 Å². The van der Waals surface area contributed by atoms with Gasteiger partial charge in [-0.2, -0.15) is 0 Å². The summed E-state index contributed by atoms with van der Waals surface area (Å²) >= 11 is 0. The van der Waals surface area contributed by atoms with Crippen LogP contribution in [0.15, 0.2) is 23.0 Å². The number of quaternary nitrogens is 1. The van der Waals surface area contributed by atoms with Gasteiger partial charge >= 0.3 is 0 Å². The van der Waals surface area contributed by atoms with Crippen molar-refractivity contribution in [3.05, 3.63) is 45.2 Å². The molecular formula is C19H27N2O+. The molecule has 1 aliphatic heterocycles. The molecule has 2 heterocycles. The van der Waals surface area contributed by atoms with Crippen LogP contribution in [-0.4, -0.2) is 17.6 Å². The molecule has 0 radical (unpaired) electrons. The van der Waals surface area contributed by atoms with E-state index in [-0.39, 0.29) is 5.43 Å². The van der Waals surface area contributed by atoms with Gasteiger partial charge in [0, 0.05) is 16.6 Å². The Labute approximate surface area is 132 Å². The maximum Gasteiger partial charge on any atom is 0.198 e. The Morgan fingerprint density at radius 1 is 1.27 bits per heavy atom. The summed E-state index contributed by atoms with van der Waals surface area (Å²) in [6.07, 6.45) is 5.14. The Kier molecular flexibility index (Phi) is 4.34. The number of piperidine rings is 1. The standard InChI is InChI=1S/C19H26N2O/c1-4-15-7-5-6-10-21(15)12-17-14(3)20-18-9-8-13(2)11-16(18)19(17)22/h8-9,11,15H,4-7,10,12H2,1-3H3,(H,20,22)/p+1. The highest BCUT2D eigenvalue weighted by atomic mass is 16.1. The number of rotatable bonds is 3. The van der Waals surface area contributed by atoms with E-state index in [1.165, 1.54) is 32.2 Å². The number of nitrogens with one attached hydrogen (secondary N) is 2. The number of H-pyrrole nitrogens is 1. The summed E-state index contributed by atoms with van der Waals surface area (Å²) in [6, 6.07) is 6.80. The van der Waals surface area contributed by atoms with Crippen LogP contribution in [0.2, 0.25) is 0 Å². The number of fused-ring (bicyclic) bond motifs is 1. The predicted molar refractivity (Wildman–Crippen MR) is 91.5 cm³/mol. The first-order chi connectivity index (χ1) is 10.6. The van der Waals surface area contributed by atoms with Crippen molar-refractivity contribution in [1.82, 2.24) is 4.98 Å². The zero-order valence-electron chi connectivity index (χ0n) is 14.0. The third-order valence-electron chi connectivity index (χ3n) is 5.24. The van der Waals surface area contributed by atoms with Crippen LogP contribution >= 0.6 is 0 Å². The molecule has 1 saturated heterocycles. The smallest absolute Gasteiger partial charge is 0.198 e. The van der Waals surface area contributed by atoms with Gasteiger partial charge in [0.2, 0.25) is 0 Å². The maximum atomic E-state index is 12.9. The normalized spacial score (nSPS) is 22.1. The summed E-state index contributed by atoms with van der Waals surface area (Å²) in [5.41, 5.74) is 4.34. The molecule has 0 aliphatic carbocycles. The minimum atomic E-state index is 0.225. The van der Waals surface area contributed by atoms with Crippen LogP contribution in [0.3, 0.4) is 0 Å². The van der Waals surface area contributed by atoms with Crippen LogP contribution in [0.25, 0.3) is 10.9 Å². The topological polar surface area (TPSA) is 37.3 Å². The van der Waals surface area contributed by atoms with Gasteiger partial charge in [0.1, 0.15) is 6.54 Å².